The van der Waals surface area contributed by atoms with Crippen LogP contribution in [-0.2, 0) is 16.1 Å². The smallest absolute Gasteiger partial charge is 0.278 e. The lowest BCUT2D eigenvalue weighted by molar-refractivity contribution is -0.137. The number of aryl methyl sites for hydroxylation is 1. The van der Waals surface area contributed by atoms with Crippen LogP contribution in [0.5, 0.6) is 5.75 Å². The summed E-state index contributed by atoms with van der Waals surface area (Å²) in [7, 11) is 1.58. The van der Waals surface area contributed by atoms with Crippen LogP contribution >= 0.6 is 0 Å². The number of carbonyl (C=O) groups excluding carboxylic acids is 2. The molecule has 0 aliphatic carbocycles. The maximum absolute atomic E-state index is 13.3. The second-order valence-electron chi connectivity index (χ2n) is 7.03. The highest BCUT2D eigenvalue weighted by molar-refractivity contribution is 6.36. The number of hydrogen-bond acceptors (Lipinski definition) is 5. The van der Waals surface area contributed by atoms with Crippen LogP contribution in [0, 0.1) is 6.92 Å². The number of imide groups is 1. The van der Waals surface area contributed by atoms with Gasteiger partial charge in [0.05, 0.1) is 19.2 Å². The Kier molecular flexibility index (Phi) is 5.30. The molecule has 1 N–H and O–H groups in total. The SMILES string of the molecule is COc1cccc(NC2=C(c3ccc(C)cc3)C(=O)N(Cc3cccnc3)C2=O)c1. The standard InChI is InChI=1S/C24H21N3O3/c1-16-8-10-18(11-9-16)21-22(26-19-6-3-7-20(13-19)30-2)24(29)27(23(21)28)15-17-5-4-12-25-14-17/h3-14,26H,15H2,1-2H3. The van der Waals surface area contributed by atoms with Crippen LogP contribution in [0.1, 0.15) is 16.7 Å². The second-order valence-corrected chi connectivity index (χ2v) is 7.03. The Morgan fingerprint density at radius 3 is 2.50 bits per heavy atom. The minimum absolute atomic E-state index is 0.157. The molecule has 1 aromatic heterocycles. The van der Waals surface area contributed by atoms with E-state index in [0.29, 0.717) is 22.6 Å². The molecule has 6 nitrogen and oxygen atoms in total. The summed E-state index contributed by atoms with van der Waals surface area (Å²) in [6.45, 7) is 2.13. The highest BCUT2D eigenvalue weighted by Crippen LogP contribution is 2.32. The van der Waals surface area contributed by atoms with Gasteiger partial charge in [-0.3, -0.25) is 19.5 Å². The molecule has 6 heteroatoms. The Hall–Kier alpha value is -3.93. The van der Waals surface area contributed by atoms with Gasteiger partial charge in [-0.2, -0.15) is 0 Å². The van der Waals surface area contributed by atoms with Crippen LogP contribution in [-0.4, -0.2) is 28.8 Å². The van der Waals surface area contributed by atoms with Crippen molar-refractivity contribution in [2.75, 3.05) is 12.4 Å². The minimum atomic E-state index is -0.373. The Morgan fingerprint density at radius 2 is 1.80 bits per heavy atom. The van der Waals surface area contributed by atoms with Gasteiger partial charge in [-0.05, 0) is 36.2 Å². The highest BCUT2D eigenvalue weighted by Gasteiger charge is 2.39. The Morgan fingerprint density at radius 1 is 1.00 bits per heavy atom. The molecule has 150 valence electrons. The van der Waals surface area contributed by atoms with Gasteiger partial charge in [0.1, 0.15) is 11.4 Å². The van der Waals surface area contributed by atoms with E-state index in [9.17, 15) is 9.59 Å². The van der Waals surface area contributed by atoms with Gasteiger partial charge in [-0.25, -0.2) is 0 Å². The number of ether oxygens (including phenoxy) is 1. The normalized spacial score (nSPS) is 13.7. The molecule has 2 aromatic carbocycles. The van der Waals surface area contributed by atoms with Gasteiger partial charge in [-0.1, -0.05) is 42.0 Å². The molecule has 0 radical (unpaired) electrons. The molecule has 2 heterocycles. The van der Waals surface area contributed by atoms with Crippen LogP contribution < -0.4 is 10.1 Å². The van der Waals surface area contributed by atoms with E-state index in [2.05, 4.69) is 10.3 Å². The number of rotatable bonds is 6. The van der Waals surface area contributed by atoms with Gasteiger partial charge in [-0.15, -0.1) is 0 Å². The van der Waals surface area contributed by atoms with Crippen molar-refractivity contribution in [2.24, 2.45) is 0 Å². The first kappa shape index (κ1) is 19.4. The topological polar surface area (TPSA) is 71.5 Å². The molecule has 0 saturated heterocycles. The third-order valence-electron chi connectivity index (χ3n) is 4.91. The van der Waals surface area contributed by atoms with Crippen LogP contribution in [0.25, 0.3) is 5.57 Å². The molecule has 0 bridgehead atoms. The van der Waals surface area contributed by atoms with Gasteiger partial charge in [0.25, 0.3) is 11.8 Å². The Bertz CT molecular complexity index is 1120. The highest BCUT2D eigenvalue weighted by atomic mass is 16.5. The molecule has 0 atom stereocenters. The molecule has 0 spiro atoms. The van der Waals surface area contributed by atoms with Gasteiger partial charge >= 0.3 is 0 Å². The van der Waals surface area contributed by atoms with Crippen molar-refractivity contribution in [3.05, 3.63) is 95.4 Å². The van der Waals surface area contributed by atoms with Crippen molar-refractivity contribution >= 4 is 23.1 Å². The van der Waals surface area contributed by atoms with Crippen molar-refractivity contribution in [1.29, 1.82) is 0 Å². The summed E-state index contributed by atoms with van der Waals surface area (Å²) in [5.41, 5.74) is 3.82. The first-order chi connectivity index (χ1) is 14.6. The average molecular weight is 399 g/mol. The van der Waals surface area contributed by atoms with Crippen molar-refractivity contribution in [2.45, 2.75) is 13.5 Å². The number of hydrogen-bond donors (Lipinski definition) is 1. The minimum Gasteiger partial charge on any atom is -0.497 e. The summed E-state index contributed by atoms with van der Waals surface area (Å²) in [4.78, 5) is 31.9. The molecular formula is C24H21N3O3. The van der Waals surface area contributed by atoms with Gasteiger partial charge in [0, 0.05) is 24.1 Å². The third-order valence-corrected chi connectivity index (χ3v) is 4.91. The van der Waals surface area contributed by atoms with Crippen LogP contribution in [0.4, 0.5) is 5.69 Å². The summed E-state index contributed by atoms with van der Waals surface area (Å²) >= 11 is 0. The van der Waals surface area contributed by atoms with E-state index in [4.69, 9.17) is 4.74 Å². The van der Waals surface area contributed by atoms with E-state index in [0.717, 1.165) is 11.1 Å². The van der Waals surface area contributed by atoms with Crippen LogP contribution in [0.2, 0.25) is 0 Å². The fourth-order valence-electron chi connectivity index (χ4n) is 3.34. The Balaban J connectivity index is 1.74. The summed E-state index contributed by atoms with van der Waals surface area (Å²) < 4.78 is 5.27. The molecule has 3 aromatic rings. The van der Waals surface area contributed by atoms with E-state index < -0.39 is 0 Å². The lowest BCUT2D eigenvalue weighted by atomic mass is 10.0. The summed E-state index contributed by atoms with van der Waals surface area (Å²) in [6.07, 6.45) is 3.31. The van der Waals surface area contributed by atoms with Crippen molar-refractivity contribution in [3.8, 4) is 5.75 Å². The molecule has 30 heavy (non-hydrogen) atoms. The van der Waals surface area contributed by atoms with E-state index in [-0.39, 0.29) is 24.1 Å². The van der Waals surface area contributed by atoms with Crippen LogP contribution in [0.3, 0.4) is 0 Å². The number of pyridine rings is 1. The number of anilines is 1. The molecule has 1 aliphatic heterocycles. The zero-order chi connectivity index (χ0) is 21.1. The van der Waals surface area contributed by atoms with Gasteiger partial charge in [0.15, 0.2) is 0 Å². The number of carbonyl (C=O) groups is 2. The fraction of sp³-hybridized carbons (Fsp3) is 0.125. The Labute approximate surface area is 174 Å². The monoisotopic (exact) mass is 399 g/mol. The maximum atomic E-state index is 13.3. The van der Waals surface area contributed by atoms with Gasteiger partial charge in [0.2, 0.25) is 0 Å². The first-order valence-electron chi connectivity index (χ1n) is 9.54. The number of nitrogens with zero attached hydrogens (tertiary/aromatic N) is 2. The average Bonchev–Trinajstić information content (AvgIpc) is 2.99. The van der Waals surface area contributed by atoms with Crippen molar-refractivity contribution in [3.63, 3.8) is 0 Å². The van der Waals surface area contributed by atoms with Gasteiger partial charge < -0.3 is 10.1 Å². The lowest BCUT2D eigenvalue weighted by Crippen LogP contribution is -2.32. The van der Waals surface area contributed by atoms with E-state index >= 15 is 0 Å². The number of aromatic nitrogens is 1. The zero-order valence-corrected chi connectivity index (χ0v) is 16.8. The molecule has 4 rings (SSSR count). The molecular weight excluding hydrogens is 378 g/mol. The van der Waals surface area contributed by atoms with E-state index in [1.165, 1.54) is 4.90 Å². The van der Waals surface area contributed by atoms with Crippen LogP contribution in [0.15, 0.2) is 78.8 Å². The molecule has 0 unspecified atom stereocenters. The first-order valence-corrected chi connectivity index (χ1v) is 9.54. The number of nitrogens with one attached hydrogen (secondary N) is 1. The summed E-state index contributed by atoms with van der Waals surface area (Å²) in [5, 5.41) is 3.15. The van der Waals surface area contributed by atoms with Crippen molar-refractivity contribution < 1.29 is 14.3 Å². The van der Waals surface area contributed by atoms with E-state index in [1.54, 1.807) is 31.6 Å². The van der Waals surface area contributed by atoms with Crippen molar-refractivity contribution in [1.82, 2.24) is 9.88 Å². The van der Waals surface area contributed by atoms with E-state index in [1.807, 2.05) is 55.5 Å². The molecule has 0 fully saturated rings. The number of benzene rings is 2. The zero-order valence-electron chi connectivity index (χ0n) is 16.8. The predicted octanol–water partition coefficient (Wildman–Crippen LogP) is 3.79. The number of amides is 2. The predicted molar refractivity (Wildman–Crippen MR) is 115 cm³/mol. The fourth-order valence-corrected chi connectivity index (χ4v) is 3.34. The lowest BCUT2D eigenvalue weighted by Gasteiger charge is -2.15. The maximum Gasteiger partial charge on any atom is 0.278 e. The summed E-state index contributed by atoms with van der Waals surface area (Å²) in [6, 6.07) is 18.4. The summed E-state index contributed by atoms with van der Waals surface area (Å²) in [5.74, 6) is -0.0539. The largest absolute Gasteiger partial charge is 0.497 e. The second kappa shape index (κ2) is 8.21. The number of methoxy groups -OCH3 is 1. The quantitative estimate of drug-likeness (QED) is 0.639. The molecule has 0 saturated carbocycles. The molecule has 2 amide bonds. The molecule has 1 aliphatic rings. The third kappa shape index (κ3) is 3.80.